The van der Waals surface area contributed by atoms with Crippen molar-refractivity contribution >= 4 is 0 Å². The topological polar surface area (TPSA) is 29.5 Å². The van der Waals surface area contributed by atoms with E-state index in [0.717, 1.165) is 18.4 Å². The second kappa shape index (κ2) is 4.58. The third-order valence-electron chi connectivity index (χ3n) is 4.79. The molecule has 0 radical (unpaired) electrons. The molecule has 1 fully saturated rings. The van der Waals surface area contributed by atoms with Crippen LogP contribution in [0.5, 0.6) is 0 Å². The third-order valence-corrected chi connectivity index (χ3v) is 4.79. The molecule has 2 rings (SSSR count). The minimum atomic E-state index is -0.165. The molecule has 0 aromatic rings. The lowest BCUT2D eigenvalue weighted by Gasteiger charge is -2.18. The van der Waals surface area contributed by atoms with E-state index >= 15 is 0 Å². The zero-order valence-corrected chi connectivity index (χ0v) is 11.2. The summed E-state index contributed by atoms with van der Waals surface area (Å²) in [6, 6.07) is 0. The molecule has 0 aliphatic heterocycles. The van der Waals surface area contributed by atoms with Gasteiger partial charge in [0.2, 0.25) is 0 Å². The van der Waals surface area contributed by atoms with Crippen LogP contribution in [-0.2, 0) is 4.89 Å². The molecule has 0 aromatic heterocycles. The van der Waals surface area contributed by atoms with Gasteiger partial charge in [-0.25, -0.2) is 4.89 Å². The summed E-state index contributed by atoms with van der Waals surface area (Å²) in [5, 5.41) is 9.15. The lowest BCUT2D eigenvalue weighted by Crippen LogP contribution is -2.19. The maximum absolute atomic E-state index is 9.15. The van der Waals surface area contributed by atoms with Crippen LogP contribution in [0.2, 0.25) is 0 Å². The highest BCUT2D eigenvalue weighted by molar-refractivity contribution is 5.19. The van der Waals surface area contributed by atoms with Gasteiger partial charge in [-0.1, -0.05) is 32.1 Å². The number of fused-ring (bicyclic) bond motifs is 1. The zero-order chi connectivity index (χ0) is 12.6. The molecular formula is C15H24O2. The Labute approximate surface area is 104 Å². The van der Waals surface area contributed by atoms with Crippen molar-refractivity contribution in [1.82, 2.24) is 0 Å². The number of hydrogen-bond donors (Lipinski definition) is 1. The Kier molecular flexibility index (Phi) is 3.46. The van der Waals surface area contributed by atoms with Crippen LogP contribution in [0.3, 0.4) is 0 Å². The second-order valence-electron chi connectivity index (χ2n) is 6.27. The normalized spacial score (nSPS) is 40.1. The maximum atomic E-state index is 9.15. The molecule has 1 saturated carbocycles. The smallest absolute Gasteiger partial charge is 0.117 e. The first kappa shape index (κ1) is 12.8. The van der Waals surface area contributed by atoms with Crippen LogP contribution in [0.4, 0.5) is 0 Å². The van der Waals surface area contributed by atoms with Crippen molar-refractivity contribution in [3.8, 4) is 0 Å². The maximum Gasteiger partial charge on any atom is 0.117 e. The molecule has 0 bridgehead atoms. The third kappa shape index (κ3) is 2.34. The Hall–Kier alpha value is -0.600. The summed E-state index contributed by atoms with van der Waals surface area (Å²) in [6.45, 7) is 10.9. The Morgan fingerprint density at radius 2 is 2.12 bits per heavy atom. The van der Waals surface area contributed by atoms with Crippen molar-refractivity contribution in [3.63, 3.8) is 0 Å². The van der Waals surface area contributed by atoms with Gasteiger partial charge in [-0.15, -0.1) is 0 Å². The van der Waals surface area contributed by atoms with Gasteiger partial charge in [-0.3, -0.25) is 5.26 Å². The zero-order valence-electron chi connectivity index (χ0n) is 11.2. The van der Waals surface area contributed by atoms with E-state index in [0.29, 0.717) is 11.8 Å². The summed E-state index contributed by atoms with van der Waals surface area (Å²) >= 11 is 0. The summed E-state index contributed by atoms with van der Waals surface area (Å²) in [5.74, 6) is 1.09. The van der Waals surface area contributed by atoms with Crippen molar-refractivity contribution in [2.75, 3.05) is 0 Å². The van der Waals surface area contributed by atoms with Gasteiger partial charge in [0.25, 0.3) is 0 Å². The number of allylic oxidation sites excluding steroid dienone is 2. The molecule has 3 atom stereocenters. The van der Waals surface area contributed by atoms with E-state index in [1.807, 2.05) is 0 Å². The predicted molar refractivity (Wildman–Crippen MR) is 69.6 cm³/mol. The van der Waals surface area contributed by atoms with Gasteiger partial charge in [0, 0.05) is 5.92 Å². The summed E-state index contributed by atoms with van der Waals surface area (Å²) in [4.78, 5) is 4.73. The van der Waals surface area contributed by atoms with Crippen molar-refractivity contribution in [1.29, 1.82) is 0 Å². The Balaban J connectivity index is 2.18. The van der Waals surface area contributed by atoms with E-state index in [1.165, 1.54) is 18.4 Å². The highest BCUT2D eigenvalue weighted by atomic mass is 17.1. The quantitative estimate of drug-likeness (QED) is 0.420. The minimum Gasteiger partial charge on any atom is -0.251 e. The first-order valence-corrected chi connectivity index (χ1v) is 6.62. The molecule has 17 heavy (non-hydrogen) atoms. The fourth-order valence-corrected chi connectivity index (χ4v) is 3.46. The van der Waals surface area contributed by atoms with E-state index in [1.54, 1.807) is 0 Å². The SMILES string of the molecule is C=C1CC/C=C(\C)CC[C@@H]2[C@@H](C1OO)C2(C)C. The van der Waals surface area contributed by atoms with Crippen LogP contribution in [0.1, 0.15) is 46.5 Å². The molecule has 0 aromatic carbocycles. The van der Waals surface area contributed by atoms with Gasteiger partial charge >= 0.3 is 0 Å². The van der Waals surface area contributed by atoms with Gasteiger partial charge in [0.1, 0.15) is 6.10 Å². The van der Waals surface area contributed by atoms with Crippen LogP contribution in [0.25, 0.3) is 0 Å². The van der Waals surface area contributed by atoms with Gasteiger partial charge in [-0.2, -0.15) is 0 Å². The molecule has 96 valence electrons. The van der Waals surface area contributed by atoms with Crippen molar-refractivity contribution < 1.29 is 10.1 Å². The number of hydrogen-bond acceptors (Lipinski definition) is 2. The van der Waals surface area contributed by atoms with Gasteiger partial charge in [-0.05, 0) is 49.5 Å². The standard InChI is InChI=1S/C15H24O2/c1-10-6-5-7-11(2)14(17-16)13-12(9-8-10)15(13,3)4/h6,12-14,16H,2,5,7-9H2,1,3-4H3/b10-6+/t12-,13+,14?/m1/s1. The Morgan fingerprint density at radius 1 is 1.41 bits per heavy atom. The summed E-state index contributed by atoms with van der Waals surface area (Å²) in [5.41, 5.74) is 2.81. The molecular weight excluding hydrogens is 212 g/mol. The first-order chi connectivity index (χ1) is 7.98. The van der Waals surface area contributed by atoms with E-state index in [2.05, 4.69) is 33.4 Å². The first-order valence-electron chi connectivity index (χ1n) is 6.62. The Bertz CT molecular complexity index is 341. The molecule has 0 amide bonds. The average molecular weight is 236 g/mol. The van der Waals surface area contributed by atoms with E-state index in [-0.39, 0.29) is 11.5 Å². The van der Waals surface area contributed by atoms with Gasteiger partial charge in [0.05, 0.1) is 0 Å². The summed E-state index contributed by atoms with van der Waals surface area (Å²) in [7, 11) is 0. The largest absolute Gasteiger partial charge is 0.251 e. The predicted octanol–water partition coefficient (Wildman–Crippen LogP) is 4.19. The fraction of sp³-hybridized carbons (Fsp3) is 0.733. The second-order valence-corrected chi connectivity index (χ2v) is 6.27. The summed E-state index contributed by atoms with van der Waals surface area (Å²) < 4.78 is 0. The molecule has 1 N–H and O–H groups in total. The lowest BCUT2D eigenvalue weighted by atomic mass is 9.96. The fourth-order valence-electron chi connectivity index (χ4n) is 3.46. The van der Waals surface area contributed by atoms with E-state index < -0.39 is 0 Å². The highest BCUT2D eigenvalue weighted by Gasteiger charge is 2.61. The number of rotatable bonds is 1. The average Bonchev–Trinajstić information content (AvgIpc) is 2.79. The van der Waals surface area contributed by atoms with Crippen LogP contribution in [0.15, 0.2) is 23.8 Å². The minimum absolute atomic E-state index is 0.165. The molecule has 2 aliphatic rings. The monoisotopic (exact) mass is 236 g/mol. The van der Waals surface area contributed by atoms with E-state index in [4.69, 9.17) is 10.1 Å². The van der Waals surface area contributed by atoms with Crippen LogP contribution in [0, 0.1) is 17.3 Å². The van der Waals surface area contributed by atoms with Crippen LogP contribution in [-0.4, -0.2) is 11.4 Å². The van der Waals surface area contributed by atoms with E-state index in [9.17, 15) is 0 Å². The van der Waals surface area contributed by atoms with Crippen molar-refractivity contribution in [3.05, 3.63) is 23.8 Å². The van der Waals surface area contributed by atoms with Crippen molar-refractivity contribution in [2.45, 2.75) is 52.6 Å². The van der Waals surface area contributed by atoms with Crippen LogP contribution < -0.4 is 0 Å². The molecule has 1 unspecified atom stereocenters. The summed E-state index contributed by atoms with van der Waals surface area (Å²) in [6.07, 6.45) is 6.45. The molecule has 0 saturated heterocycles. The lowest BCUT2D eigenvalue weighted by molar-refractivity contribution is -0.275. The Morgan fingerprint density at radius 3 is 2.76 bits per heavy atom. The molecule has 2 aliphatic carbocycles. The van der Waals surface area contributed by atoms with Gasteiger partial charge < -0.3 is 0 Å². The van der Waals surface area contributed by atoms with Crippen molar-refractivity contribution in [2.24, 2.45) is 17.3 Å². The molecule has 2 heteroatoms. The van der Waals surface area contributed by atoms with Crippen LogP contribution >= 0.6 is 0 Å². The molecule has 0 heterocycles. The van der Waals surface area contributed by atoms with Gasteiger partial charge in [0.15, 0.2) is 0 Å². The molecule has 0 spiro atoms. The molecule has 2 nitrogen and oxygen atoms in total. The highest BCUT2D eigenvalue weighted by Crippen LogP contribution is 2.63.